The van der Waals surface area contributed by atoms with Crippen molar-refractivity contribution in [3.8, 4) is 34.1 Å². The van der Waals surface area contributed by atoms with Gasteiger partial charge in [0.2, 0.25) is 0 Å². The number of aromatic nitrogens is 4. The molecule has 0 saturated carbocycles. The van der Waals surface area contributed by atoms with E-state index in [2.05, 4.69) is 38.7 Å². The summed E-state index contributed by atoms with van der Waals surface area (Å²) in [5.41, 5.74) is 13.2. The average Bonchev–Trinajstić information content (AvgIpc) is 3.81. The lowest BCUT2D eigenvalue weighted by Gasteiger charge is -2.22. The maximum Gasteiger partial charge on any atom is 0.253 e. The van der Waals surface area contributed by atoms with Gasteiger partial charge in [-0.05, 0) is 72.0 Å². The number of phenols is 1. The van der Waals surface area contributed by atoms with E-state index in [9.17, 15) is 14.7 Å². The Labute approximate surface area is 277 Å². The van der Waals surface area contributed by atoms with Gasteiger partial charge >= 0.3 is 0 Å². The van der Waals surface area contributed by atoms with Gasteiger partial charge in [-0.1, -0.05) is 42.5 Å². The van der Waals surface area contributed by atoms with Gasteiger partial charge in [0.05, 0.1) is 16.8 Å². The highest BCUT2D eigenvalue weighted by atomic mass is 16.3. The molecule has 3 N–H and O–H groups in total. The number of imidazole rings is 1. The first-order valence-electron chi connectivity index (χ1n) is 16.0. The SMILES string of the molecule is Nc1ncccc1-c1nc2ccc(-c3ccccc3)nc2n1-c1ccc(CN2C[C@@H]3CN(C(=O)c4ccc(O)c(C=O)c4)C[C@@H]3C2)cc1. The van der Waals surface area contributed by atoms with Crippen LogP contribution in [-0.4, -0.2) is 72.8 Å². The number of rotatable bonds is 7. The lowest BCUT2D eigenvalue weighted by atomic mass is 10.0. The molecule has 238 valence electrons. The Hall–Kier alpha value is -5.87. The highest BCUT2D eigenvalue weighted by Crippen LogP contribution is 2.34. The molecule has 1 amide bonds. The third kappa shape index (κ3) is 5.35. The number of amides is 1. The van der Waals surface area contributed by atoms with Gasteiger partial charge in [-0.2, -0.15) is 0 Å². The van der Waals surface area contributed by atoms with E-state index >= 15 is 0 Å². The molecule has 8 rings (SSSR count). The van der Waals surface area contributed by atoms with Crippen LogP contribution in [0.4, 0.5) is 5.82 Å². The summed E-state index contributed by atoms with van der Waals surface area (Å²) in [5, 5.41) is 9.81. The van der Waals surface area contributed by atoms with Crippen molar-refractivity contribution in [3.05, 3.63) is 120 Å². The fourth-order valence-corrected chi connectivity index (χ4v) is 7.12. The molecule has 48 heavy (non-hydrogen) atoms. The summed E-state index contributed by atoms with van der Waals surface area (Å²) in [7, 11) is 0. The highest BCUT2D eigenvalue weighted by molar-refractivity contribution is 5.96. The summed E-state index contributed by atoms with van der Waals surface area (Å²) in [6.45, 7) is 4.00. The first-order chi connectivity index (χ1) is 23.4. The van der Waals surface area contributed by atoms with Crippen molar-refractivity contribution in [2.24, 2.45) is 11.8 Å². The molecule has 0 bridgehead atoms. The van der Waals surface area contributed by atoms with E-state index < -0.39 is 0 Å². The van der Waals surface area contributed by atoms with E-state index in [1.54, 1.807) is 12.3 Å². The third-order valence-electron chi connectivity index (χ3n) is 9.50. The predicted octanol–water partition coefficient (Wildman–Crippen LogP) is 5.45. The number of carbonyl (C=O) groups excluding carboxylic acids is 2. The standard InChI is InChI=1S/C38H33N7O3/c39-35-31(7-4-16-40-35)36-42-33-14-13-32(25-5-2-1-3-6-25)41-37(33)45(36)30-11-8-24(9-12-30)18-43-19-28-21-44(22-29(28)20-43)38(48)26-10-15-34(47)27(17-26)23-46/h1-17,23,28-29,47H,18-22H2,(H2,39,40)/t28-,29+. The van der Waals surface area contributed by atoms with Gasteiger partial charge in [-0.15, -0.1) is 0 Å². The van der Waals surface area contributed by atoms with Crippen LogP contribution in [0.15, 0.2) is 103 Å². The van der Waals surface area contributed by atoms with Gasteiger partial charge in [0.15, 0.2) is 17.8 Å². The summed E-state index contributed by atoms with van der Waals surface area (Å²) >= 11 is 0. The number of pyridine rings is 2. The Morgan fingerprint density at radius 1 is 0.875 bits per heavy atom. The zero-order valence-corrected chi connectivity index (χ0v) is 26.1. The van der Waals surface area contributed by atoms with E-state index in [-0.39, 0.29) is 17.2 Å². The van der Waals surface area contributed by atoms with E-state index in [1.807, 2.05) is 59.5 Å². The zero-order chi connectivity index (χ0) is 32.8. The monoisotopic (exact) mass is 635 g/mol. The van der Waals surface area contributed by atoms with Gasteiger partial charge < -0.3 is 15.7 Å². The molecule has 0 aliphatic carbocycles. The van der Waals surface area contributed by atoms with Crippen molar-refractivity contribution in [2.75, 3.05) is 31.9 Å². The average molecular weight is 636 g/mol. The van der Waals surface area contributed by atoms with Crippen LogP contribution < -0.4 is 5.73 Å². The smallest absolute Gasteiger partial charge is 0.253 e. The minimum Gasteiger partial charge on any atom is -0.507 e. The lowest BCUT2D eigenvalue weighted by Crippen LogP contribution is -2.33. The van der Waals surface area contributed by atoms with Gasteiger partial charge in [0.1, 0.15) is 17.1 Å². The molecule has 2 aliphatic heterocycles. The normalized spacial score (nSPS) is 17.5. The number of hydrogen-bond acceptors (Lipinski definition) is 8. The number of nitrogen functional groups attached to an aromatic ring is 1. The molecule has 10 nitrogen and oxygen atoms in total. The van der Waals surface area contributed by atoms with Crippen LogP contribution in [0.3, 0.4) is 0 Å². The molecule has 5 heterocycles. The Bertz CT molecular complexity index is 2150. The second kappa shape index (κ2) is 12.1. The van der Waals surface area contributed by atoms with Crippen LogP contribution in [0.1, 0.15) is 26.3 Å². The number of fused-ring (bicyclic) bond motifs is 2. The van der Waals surface area contributed by atoms with Crippen molar-refractivity contribution in [2.45, 2.75) is 6.54 Å². The van der Waals surface area contributed by atoms with Crippen LogP contribution in [0, 0.1) is 11.8 Å². The topological polar surface area (TPSA) is 130 Å². The number of nitrogens with zero attached hydrogens (tertiary/aromatic N) is 6. The Kier molecular flexibility index (Phi) is 7.41. The highest BCUT2D eigenvalue weighted by Gasteiger charge is 2.41. The maximum absolute atomic E-state index is 13.2. The third-order valence-corrected chi connectivity index (χ3v) is 9.50. The summed E-state index contributed by atoms with van der Waals surface area (Å²) in [6, 6.07) is 30.8. The summed E-state index contributed by atoms with van der Waals surface area (Å²) < 4.78 is 2.05. The van der Waals surface area contributed by atoms with Gasteiger partial charge in [-0.3, -0.25) is 19.1 Å². The van der Waals surface area contributed by atoms with Crippen molar-refractivity contribution in [1.29, 1.82) is 0 Å². The number of phenolic OH excluding ortho intramolecular Hbond substituents is 1. The van der Waals surface area contributed by atoms with E-state index in [0.717, 1.165) is 53.3 Å². The van der Waals surface area contributed by atoms with Crippen molar-refractivity contribution < 1.29 is 14.7 Å². The summed E-state index contributed by atoms with van der Waals surface area (Å²) in [4.78, 5) is 43.1. The molecular weight excluding hydrogens is 602 g/mol. The number of hydrogen-bond donors (Lipinski definition) is 2. The van der Waals surface area contributed by atoms with E-state index in [4.69, 9.17) is 15.7 Å². The molecule has 3 aromatic heterocycles. The minimum absolute atomic E-state index is 0.0977. The lowest BCUT2D eigenvalue weighted by molar-refractivity contribution is 0.0773. The molecule has 2 saturated heterocycles. The first kappa shape index (κ1) is 29.5. The predicted molar refractivity (Wildman–Crippen MR) is 184 cm³/mol. The zero-order valence-electron chi connectivity index (χ0n) is 26.1. The summed E-state index contributed by atoms with van der Waals surface area (Å²) in [6.07, 6.45) is 2.25. The van der Waals surface area contributed by atoms with Crippen LogP contribution in [-0.2, 0) is 6.54 Å². The molecule has 10 heteroatoms. The number of aldehydes is 1. The van der Waals surface area contributed by atoms with Crippen LogP contribution in [0.2, 0.25) is 0 Å². The van der Waals surface area contributed by atoms with Crippen molar-refractivity contribution in [3.63, 3.8) is 0 Å². The molecule has 6 aromatic rings. The first-order valence-corrected chi connectivity index (χ1v) is 16.0. The van der Waals surface area contributed by atoms with Gasteiger partial charge in [0, 0.05) is 55.7 Å². The fraction of sp³-hybridized carbons (Fsp3) is 0.184. The van der Waals surface area contributed by atoms with Crippen molar-refractivity contribution >= 4 is 29.2 Å². The van der Waals surface area contributed by atoms with Crippen LogP contribution >= 0.6 is 0 Å². The van der Waals surface area contributed by atoms with Crippen LogP contribution in [0.25, 0.3) is 39.5 Å². The largest absolute Gasteiger partial charge is 0.507 e. The number of aromatic hydroxyl groups is 1. The number of nitrogens with two attached hydrogens (primary N) is 1. The fourth-order valence-electron chi connectivity index (χ4n) is 7.12. The van der Waals surface area contributed by atoms with Gasteiger partial charge in [-0.25, -0.2) is 15.0 Å². The van der Waals surface area contributed by atoms with Gasteiger partial charge in [0.25, 0.3) is 5.91 Å². The van der Waals surface area contributed by atoms with E-state index in [0.29, 0.717) is 48.4 Å². The van der Waals surface area contributed by atoms with E-state index in [1.165, 1.54) is 17.7 Å². The Morgan fingerprint density at radius 2 is 1.65 bits per heavy atom. The quantitative estimate of drug-likeness (QED) is 0.222. The molecule has 0 radical (unpaired) electrons. The molecular formula is C38H33N7O3. The van der Waals surface area contributed by atoms with Crippen molar-refractivity contribution in [1.82, 2.24) is 29.3 Å². The molecule has 2 fully saturated rings. The molecule has 2 atom stereocenters. The Balaban J connectivity index is 1.02. The number of anilines is 1. The number of carbonyl (C=O) groups is 2. The minimum atomic E-state index is -0.116. The maximum atomic E-state index is 13.2. The molecule has 0 spiro atoms. The number of benzene rings is 3. The second-order valence-electron chi connectivity index (χ2n) is 12.6. The molecule has 0 unspecified atom stereocenters. The van der Waals surface area contributed by atoms with Crippen LogP contribution in [0.5, 0.6) is 5.75 Å². The Morgan fingerprint density at radius 3 is 2.38 bits per heavy atom. The number of likely N-dealkylation sites (tertiary alicyclic amines) is 2. The molecule has 3 aromatic carbocycles. The summed E-state index contributed by atoms with van der Waals surface area (Å²) in [5.74, 6) is 1.66. The second-order valence-corrected chi connectivity index (χ2v) is 12.6. The molecule has 2 aliphatic rings.